The van der Waals surface area contributed by atoms with Crippen LogP contribution in [-0.4, -0.2) is 23.6 Å². The van der Waals surface area contributed by atoms with Gasteiger partial charge in [-0.05, 0) is 54.4 Å². The van der Waals surface area contributed by atoms with Gasteiger partial charge in [0.15, 0.2) is 0 Å². The van der Waals surface area contributed by atoms with Crippen LogP contribution in [-0.2, 0) is 6.42 Å². The van der Waals surface area contributed by atoms with Crippen molar-refractivity contribution in [3.05, 3.63) is 88.5 Å². The number of para-hydroxylation sites is 1. The average molecular weight is 509 g/mol. The van der Waals surface area contributed by atoms with E-state index in [9.17, 15) is 8.78 Å². The molecule has 5 rings (SSSR count). The van der Waals surface area contributed by atoms with Crippen LogP contribution in [0.1, 0.15) is 5.56 Å². The molecule has 0 amide bonds. The number of nitrogens with one attached hydrogen (secondary N) is 1. The van der Waals surface area contributed by atoms with E-state index in [0.717, 1.165) is 27.0 Å². The molecule has 0 radical (unpaired) electrons. The molecule has 5 nitrogen and oxygen atoms in total. The first-order chi connectivity index (χ1) is 16.0. The lowest BCUT2D eigenvalue weighted by Gasteiger charge is -2.26. The Morgan fingerprint density at radius 3 is 2.61 bits per heavy atom. The number of hydrogen-bond acceptors (Lipinski definition) is 5. The molecule has 1 aliphatic heterocycles. The third-order valence-electron chi connectivity index (χ3n) is 5.51. The highest BCUT2D eigenvalue weighted by Gasteiger charge is 2.26. The molecule has 0 saturated carbocycles. The number of anilines is 4. The Kier molecular flexibility index (Phi) is 5.68. The van der Waals surface area contributed by atoms with E-state index in [1.54, 1.807) is 18.2 Å². The fourth-order valence-electron chi connectivity index (χ4n) is 3.97. The summed E-state index contributed by atoms with van der Waals surface area (Å²) >= 11 is 3.49. The Hall–Kier alpha value is -3.52. The van der Waals surface area contributed by atoms with Crippen LogP contribution in [0.2, 0.25) is 0 Å². The van der Waals surface area contributed by atoms with E-state index in [0.29, 0.717) is 30.4 Å². The highest BCUT2D eigenvalue weighted by atomic mass is 79.9. The van der Waals surface area contributed by atoms with Crippen LogP contribution in [0.25, 0.3) is 11.3 Å². The van der Waals surface area contributed by atoms with Crippen LogP contribution in [0.15, 0.2) is 71.3 Å². The van der Waals surface area contributed by atoms with Crippen molar-refractivity contribution in [1.29, 1.82) is 0 Å². The molecule has 0 aliphatic carbocycles. The average Bonchev–Trinajstić information content (AvgIpc) is 2.96. The lowest BCUT2D eigenvalue weighted by molar-refractivity contribution is 0.415. The highest BCUT2D eigenvalue weighted by Crippen LogP contribution is 2.42. The second kappa shape index (κ2) is 8.78. The summed E-state index contributed by atoms with van der Waals surface area (Å²) in [7, 11) is 1.61. The largest absolute Gasteiger partial charge is 0.497 e. The molecule has 4 aromatic rings. The predicted octanol–water partition coefficient (Wildman–Crippen LogP) is 6.63. The van der Waals surface area contributed by atoms with E-state index >= 15 is 0 Å². The standard InChI is InChI=1S/C25H19BrF2N4O/c1-33-18-5-2-4-17(13-18)30-25-29-14-15-10-11-32(24-20(27)6-3-7-21(24)28)22-12-16(26)8-9-19(22)23(15)31-25/h2-9,12-14H,10-11H2,1H3,(H,29,30,31). The number of ether oxygens (including phenoxy) is 1. The highest BCUT2D eigenvalue weighted by molar-refractivity contribution is 9.10. The van der Waals surface area contributed by atoms with Crippen LogP contribution < -0.4 is 15.0 Å². The summed E-state index contributed by atoms with van der Waals surface area (Å²) in [4.78, 5) is 10.9. The molecule has 8 heteroatoms. The minimum atomic E-state index is -0.613. The number of halogens is 3. The summed E-state index contributed by atoms with van der Waals surface area (Å²) in [6.45, 7) is 0.375. The van der Waals surface area contributed by atoms with Gasteiger partial charge in [-0.15, -0.1) is 0 Å². The smallest absolute Gasteiger partial charge is 0.227 e. The monoisotopic (exact) mass is 508 g/mol. The van der Waals surface area contributed by atoms with E-state index in [4.69, 9.17) is 9.72 Å². The number of hydrogen-bond donors (Lipinski definition) is 1. The third kappa shape index (κ3) is 4.14. The first kappa shape index (κ1) is 21.3. The number of benzene rings is 3. The minimum absolute atomic E-state index is 0.0765. The minimum Gasteiger partial charge on any atom is -0.497 e. The fourth-order valence-corrected chi connectivity index (χ4v) is 4.32. The van der Waals surface area contributed by atoms with Gasteiger partial charge in [0, 0.05) is 34.5 Å². The number of nitrogens with zero attached hydrogens (tertiary/aromatic N) is 3. The lowest BCUT2D eigenvalue weighted by atomic mass is 10.1. The van der Waals surface area contributed by atoms with E-state index in [2.05, 4.69) is 26.2 Å². The van der Waals surface area contributed by atoms with Gasteiger partial charge in [0.1, 0.15) is 23.1 Å². The second-order valence-electron chi connectivity index (χ2n) is 7.56. The van der Waals surface area contributed by atoms with Crippen LogP contribution in [0.5, 0.6) is 5.75 Å². The van der Waals surface area contributed by atoms with Crippen LogP contribution in [0.4, 0.5) is 31.8 Å². The van der Waals surface area contributed by atoms with Gasteiger partial charge in [0.25, 0.3) is 0 Å². The van der Waals surface area contributed by atoms with Gasteiger partial charge in [0.05, 0.1) is 18.5 Å². The molecule has 0 saturated heterocycles. The normalized spacial score (nSPS) is 12.5. The molecule has 1 aromatic heterocycles. The second-order valence-corrected chi connectivity index (χ2v) is 8.47. The van der Waals surface area contributed by atoms with E-state index < -0.39 is 11.6 Å². The van der Waals surface area contributed by atoms with E-state index in [1.807, 2.05) is 42.5 Å². The maximum absolute atomic E-state index is 14.7. The summed E-state index contributed by atoms with van der Waals surface area (Å²) in [6, 6.07) is 17.0. The van der Waals surface area contributed by atoms with Gasteiger partial charge in [-0.2, -0.15) is 0 Å². The Morgan fingerprint density at radius 1 is 1.03 bits per heavy atom. The molecule has 166 valence electrons. The molecule has 2 heterocycles. The van der Waals surface area contributed by atoms with Gasteiger partial charge < -0.3 is 15.0 Å². The molecule has 0 unspecified atom stereocenters. The van der Waals surface area contributed by atoms with Gasteiger partial charge >= 0.3 is 0 Å². The van der Waals surface area contributed by atoms with Crippen molar-refractivity contribution in [3.8, 4) is 17.0 Å². The van der Waals surface area contributed by atoms with Crippen molar-refractivity contribution in [2.24, 2.45) is 0 Å². The number of aromatic nitrogens is 2. The maximum atomic E-state index is 14.7. The van der Waals surface area contributed by atoms with Gasteiger partial charge in [0.2, 0.25) is 5.95 Å². The zero-order valence-electron chi connectivity index (χ0n) is 17.6. The molecular weight excluding hydrogens is 490 g/mol. The molecule has 0 spiro atoms. The molecule has 1 N–H and O–H groups in total. The molecule has 33 heavy (non-hydrogen) atoms. The number of methoxy groups -OCH3 is 1. The van der Waals surface area contributed by atoms with Crippen molar-refractivity contribution in [2.75, 3.05) is 23.9 Å². The fraction of sp³-hybridized carbons (Fsp3) is 0.120. The van der Waals surface area contributed by atoms with Gasteiger partial charge in [-0.3, -0.25) is 0 Å². The van der Waals surface area contributed by atoms with Crippen LogP contribution in [0.3, 0.4) is 0 Å². The van der Waals surface area contributed by atoms with Gasteiger partial charge in [-0.1, -0.05) is 28.1 Å². The van der Waals surface area contributed by atoms with Crippen molar-refractivity contribution in [2.45, 2.75) is 6.42 Å². The third-order valence-corrected chi connectivity index (χ3v) is 6.00. The van der Waals surface area contributed by atoms with Crippen molar-refractivity contribution >= 4 is 38.9 Å². The maximum Gasteiger partial charge on any atom is 0.227 e. The zero-order valence-corrected chi connectivity index (χ0v) is 19.2. The quantitative estimate of drug-likeness (QED) is 0.335. The molecule has 0 atom stereocenters. The molecule has 1 aliphatic rings. The SMILES string of the molecule is COc1cccc(Nc2ncc3c(n2)-c2ccc(Br)cc2N(c2c(F)cccc2F)CC3)c1. The first-order valence-electron chi connectivity index (χ1n) is 10.3. The zero-order chi connectivity index (χ0) is 22.9. The Balaban J connectivity index is 1.61. The lowest BCUT2D eigenvalue weighted by Crippen LogP contribution is -2.21. The predicted molar refractivity (Wildman–Crippen MR) is 129 cm³/mol. The Morgan fingerprint density at radius 2 is 1.82 bits per heavy atom. The molecule has 3 aromatic carbocycles. The number of fused-ring (bicyclic) bond motifs is 3. The van der Waals surface area contributed by atoms with E-state index in [1.165, 1.54) is 18.2 Å². The summed E-state index contributed by atoms with van der Waals surface area (Å²) in [5, 5.41) is 3.21. The summed E-state index contributed by atoms with van der Waals surface area (Å²) in [6.07, 6.45) is 2.28. The van der Waals surface area contributed by atoms with Crippen LogP contribution >= 0.6 is 15.9 Å². The van der Waals surface area contributed by atoms with Gasteiger partial charge in [-0.25, -0.2) is 18.7 Å². The van der Waals surface area contributed by atoms with Crippen molar-refractivity contribution in [3.63, 3.8) is 0 Å². The Bertz CT molecular complexity index is 1330. The van der Waals surface area contributed by atoms with Crippen LogP contribution in [0, 0.1) is 11.6 Å². The molecular formula is C25H19BrF2N4O. The number of rotatable bonds is 4. The molecule has 0 bridgehead atoms. The Labute approximate surface area is 198 Å². The first-order valence-corrected chi connectivity index (χ1v) is 11.1. The topological polar surface area (TPSA) is 50.3 Å². The summed E-state index contributed by atoms with van der Waals surface area (Å²) < 4.78 is 35.5. The van der Waals surface area contributed by atoms with E-state index in [-0.39, 0.29) is 5.69 Å². The summed E-state index contributed by atoms with van der Waals surface area (Å²) in [5.41, 5.74) is 3.76. The van der Waals surface area contributed by atoms with Crippen molar-refractivity contribution < 1.29 is 13.5 Å². The molecule has 0 fully saturated rings. The van der Waals surface area contributed by atoms with Crippen molar-refractivity contribution in [1.82, 2.24) is 9.97 Å². The summed E-state index contributed by atoms with van der Waals surface area (Å²) in [5.74, 6) is -0.0920.